The van der Waals surface area contributed by atoms with Crippen molar-refractivity contribution in [3.63, 3.8) is 0 Å². The van der Waals surface area contributed by atoms with Crippen LogP contribution in [0.2, 0.25) is 0 Å². The van der Waals surface area contributed by atoms with Crippen LogP contribution in [0.1, 0.15) is 29.3 Å². The fourth-order valence-electron chi connectivity index (χ4n) is 2.73. The molecule has 1 unspecified atom stereocenters. The molecule has 3 rings (SSSR count). The number of phenols is 1. The van der Waals surface area contributed by atoms with E-state index in [1.54, 1.807) is 23.5 Å². The number of hydrogen-bond acceptors (Lipinski definition) is 4. The predicted octanol–water partition coefficient (Wildman–Crippen LogP) is 3.37. The maximum absolute atomic E-state index is 12.4. The van der Waals surface area contributed by atoms with Crippen LogP contribution in [-0.2, 0) is 11.2 Å². The van der Waals surface area contributed by atoms with Gasteiger partial charge in [-0.2, -0.15) is 0 Å². The first kappa shape index (κ1) is 14.9. The van der Waals surface area contributed by atoms with Crippen LogP contribution in [-0.4, -0.2) is 29.6 Å². The summed E-state index contributed by atoms with van der Waals surface area (Å²) >= 11 is 1.71. The average Bonchev–Trinajstić information content (AvgIpc) is 2.99. The van der Waals surface area contributed by atoms with Crippen LogP contribution in [0.4, 0.5) is 0 Å². The molecular weight excluding hydrogens is 298 g/mol. The molecule has 1 aliphatic heterocycles. The molecule has 0 radical (unpaired) electrons. The number of likely N-dealkylation sites (tertiary alicyclic amines) is 1. The van der Waals surface area contributed by atoms with Gasteiger partial charge in [-0.25, -0.2) is 0 Å². The van der Waals surface area contributed by atoms with Gasteiger partial charge < -0.3 is 14.7 Å². The highest BCUT2D eigenvalue weighted by Gasteiger charge is 2.33. The second kappa shape index (κ2) is 6.40. The van der Waals surface area contributed by atoms with Gasteiger partial charge in [0.15, 0.2) is 11.5 Å². The smallest absolute Gasteiger partial charge is 0.223 e. The van der Waals surface area contributed by atoms with Crippen molar-refractivity contribution in [1.82, 2.24) is 4.90 Å². The van der Waals surface area contributed by atoms with Crippen LogP contribution in [0.3, 0.4) is 0 Å². The van der Waals surface area contributed by atoms with Crippen LogP contribution in [0.25, 0.3) is 0 Å². The third kappa shape index (κ3) is 2.95. The molecule has 1 amide bonds. The minimum atomic E-state index is 0.123. The van der Waals surface area contributed by atoms with Crippen molar-refractivity contribution in [3.8, 4) is 11.5 Å². The number of carbonyl (C=O) groups is 1. The summed E-state index contributed by atoms with van der Waals surface area (Å²) in [5, 5.41) is 11.6. The number of carbonyl (C=O) groups excluding carboxylic acids is 1. The van der Waals surface area contributed by atoms with Crippen molar-refractivity contribution in [2.45, 2.75) is 25.3 Å². The first-order chi connectivity index (χ1) is 10.7. The minimum Gasteiger partial charge on any atom is -0.504 e. The maximum Gasteiger partial charge on any atom is 0.223 e. The second-order valence-corrected chi connectivity index (χ2v) is 6.39. The van der Waals surface area contributed by atoms with Gasteiger partial charge in [0.25, 0.3) is 0 Å². The molecule has 4 nitrogen and oxygen atoms in total. The molecule has 1 saturated heterocycles. The molecule has 0 saturated carbocycles. The van der Waals surface area contributed by atoms with Crippen molar-refractivity contribution in [2.75, 3.05) is 13.7 Å². The normalized spacial score (nSPS) is 17.1. The van der Waals surface area contributed by atoms with E-state index >= 15 is 0 Å². The quantitative estimate of drug-likeness (QED) is 0.920. The van der Waals surface area contributed by atoms with Gasteiger partial charge in [0.2, 0.25) is 5.91 Å². The Morgan fingerprint density at radius 2 is 2.32 bits per heavy atom. The number of nitrogens with zero attached hydrogens (tertiary/aromatic N) is 1. The number of methoxy groups -OCH3 is 1. The number of rotatable bonds is 5. The summed E-state index contributed by atoms with van der Waals surface area (Å²) in [4.78, 5) is 15.6. The van der Waals surface area contributed by atoms with Gasteiger partial charge in [-0.05, 0) is 42.0 Å². The topological polar surface area (TPSA) is 49.8 Å². The Labute approximate surface area is 134 Å². The number of aromatic hydroxyl groups is 1. The molecule has 2 aromatic rings. The highest BCUT2D eigenvalue weighted by molar-refractivity contribution is 7.10. The molecule has 1 aromatic heterocycles. The largest absolute Gasteiger partial charge is 0.504 e. The van der Waals surface area contributed by atoms with Crippen molar-refractivity contribution in [3.05, 3.63) is 46.2 Å². The molecule has 1 N–H and O–H groups in total. The number of phenolic OH excluding ortho intramolecular Hbond substituents is 1. The third-order valence-electron chi connectivity index (χ3n) is 4.08. The van der Waals surface area contributed by atoms with E-state index in [2.05, 4.69) is 11.4 Å². The Bertz CT molecular complexity index is 654. The number of thiophene rings is 1. The second-order valence-electron chi connectivity index (χ2n) is 5.41. The maximum atomic E-state index is 12.4. The highest BCUT2D eigenvalue weighted by Crippen LogP contribution is 2.36. The third-order valence-corrected chi connectivity index (χ3v) is 5.06. The van der Waals surface area contributed by atoms with Gasteiger partial charge in [0, 0.05) is 17.8 Å². The van der Waals surface area contributed by atoms with E-state index in [1.165, 1.54) is 12.0 Å². The molecule has 0 aliphatic carbocycles. The number of ether oxygens (including phenoxy) is 1. The van der Waals surface area contributed by atoms with Crippen LogP contribution < -0.4 is 4.74 Å². The highest BCUT2D eigenvalue weighted by atomic mass is 32.1. The van der Waals surface area contributed by atoms with Gasteiger partial charge in [0.1, 0.15) is 0 Å². The van der Waals surface area contributed by atoms with Gasteiger partial charge >= 0.3 is 0 Å². The molecule has 0 spiro atoms. The number of amides is 1. The summed E-state index contributed by atoms with van der Waals surface area (Å²) < 4.78 is 5.09. The number of aryl methyl sites for hydroxylation is 1. The van der Waals surface area contributed by atoms with Gasteiger partial charge in [0.05, 0.1) is 13.2 Å². The van der Waals surface area contributed by atoms with Crippen molar-refractivity contribution >= 4 is 17.2 Å². The Balaban J connectivity index is 1.58. The lowest BCUT2D eigenvalue weighted by Crippen LogP contribution is -2.44. The molecule has 2 heterocycles. The van der Waals surface area contributed by atoms with Crippen LogP contribution >= 0.6 is 11.3 Å². The molecule has 22 heavy (non-hydrogen) atoms. The summed E-state index contributed by atoms with van der Waals surface area (Å²) in [5.74, 6) is 0.764. The monoisotopic (exact) mass is 317 g/mol. The first-order valence-electron chi connectivity index (χ1n) is 7.38. The zero-order valence-corrected chi connectivity index (χ0v) is 13.3. The van der Waals surface area contributed by atoms with Gasteiger partial charge in [-0.15, -0.1) is 11.3 Å². The van der Waals surface area contributed by atoms with Crippen molar-refractivity contribution in [1.29, 1.82) is 0 Å². The fourth-order valence-corrected chi connectivity index (χ4v) is 3.61. The SMILES string of the molecule is COc1cc(CCC(=O)N2CCC2c2cccs2)ccc1O. The van der Waals surface area contributed by atoms with Crippen LogP contribution in [0, 0.1) is 0 Å². The average molecular weight is 317 g/mol. The molecule has 1 aliphatic rings. The minimum absolute atomic E-state index is 0.123. The molecule has 1 aromatic carbocycles. The lowest BCUT2D eigenvalue weighted by molar-refractivity contribution is -0.139. The molecular formula is C17H19NO3S. The van der Waals surface area contributed by atoms with E-state index in [4.69, 9.17) is 4.74 Å². The Morgan fingerprint density at radius 1 is 1.45 bits per heavy atom. The number of hydrogen-bond donors (Lipinski definition) is 1. The van der Waals surface area contributed by atoms with Crippen molar-refractivity contribution in [2.24, 2.45) is 0 Å². The summed E-state index contributed by atoms with van der Waals surface area (Å²) in [6.45, 7) is 0.848. The number of benzene rings is 1. The van der Waals surface area contributed by atoms with E-state index in [9.17, 15) is 9.90 Å². The molecule has 0 bridgehead atoms. The fraction of sp³-hybridized carbons (Fsp3) is 0.353. The van der Waals surface area contributed by atoms with E-state index in [-0.39, 0.29) is 17.7 Å². The van der Waals surface area contributed by atoms with E-state index in [1.807, 2.05) is 17.0 Å². The summed E-state index contributed by atoms with van der Waals surface area (Å²) in [6, 6.07) is 9.62. The Kier molecular flexibility index (Phi) is 4.34. The van der Waals surface area contributed by atoms with E-state index in [0.717, 1.165) is 18.5 Å². The summed E-state index contributed by atoms with van der Waals surface area (Å²) in [7, 11) is 1.52. The van der Waals surface area contributed by atoms with Crippen molar-refractivity contribution < 1.29 is 14.6 Å². The van der Waals surface area contributed by atoms with Crippen LogP contribution in [0.15, 0.2) is 35.7 Å². The summed E-state index contributed by atoms with van der Waals surface area (Å²) in [5.41, 5.74) is 0.996. The molecule has 1 atom stereocenters. The summed E-state index contributed by atoms with van der Waals surface area (Å²) in [6.07, 6.45) is 2.19. The Morgan fingerprint density at radius 3 is 2.95 bits per heavy atom. The lowest BCUT2D eigenvalue weighted by Gasteiger charge is -2.40. The van der Waals surface area contributed by atoms with E-state index in [0.29, 0.717) is 18.6 Å². The first-order valence-corrected chi connectivity index (χ1v) is 8.26. The van der Waals surface area contributed by atoms with Crippen LogP contribution in [0.5, 0.6) is 11.5 Å². The van der Waals surface area contributed by atoms with E-state index < -0.39 is 0 Å². The standard InChI is InChI=1S/C17H19NO3S/c1-21-15-11-12(4-6-14(15)19)5-7-17(20)18-9-8-13(18)16-3-2-10-22-16/h2-4,6,10-11,13,19H,5,7-9H2,1H3. The molecule has 5 heteroatoms. The molecule has 116 valence electrons. The molecule has 1 fully saturated rings. The zero-order chi connectivity index (χ0) is 15.5. The Hall–Kier alpha value is -2.01. The van der Waals surface area contributed by atoms with Gasteiger partial charge in [-0.1, -0.05) is 12.1 Å². The van der Waals surface area contributed by atoms with Gasteiger partial charge in [-0.3, -0.25) is 4.79 Å². The zero-order valence-electron chi connectivity index (χ0n) is 12.5. The predicted molar refractivity (Wildman–Crippen MR) is 86.4 cm³/mol. The lowest BCUT2D eigenvalue weighted by atomic mass is 9.99.